The normalized spacial score (nSPS) is 16.2. The molecule has 0 aromatic heterocycles. The third-order valence-electron chi connectivity index (χ3n) is 4.17. The number of quaternary nitrogens is 1. The van der Waals surface area contributed by atoms with E-state index in [9.17, 15) is 18.0 Å². The molecule has 1 saturated carbocycles. The molecule has 0 spiro atoms. The first kappa shape index (κ1) is 15.8. The third kappa shape index (κ3) is 3.56. The number of hydrogen-bond donors (Lipinski definition) is 1. The van der Waals surface area contributed by atoms with Gasteiger partial charge in [-0.2, -0.15) is 0 Å². The van der Waals surface area contributed by atoms with Crippen molar-refractivity contribution in [2.75, 3.05) is 26.0 Å². The van der Waals surface area contributed by atoms with Crippen LogP contribution >= 0.6 is 0 Å². The molecule has 1 fully saturated rings. The summed E-state index contributed by atoms with van der Waals surface area (Å²) in [7, 11) is 3.91. The van der Waals surface area contributed by atoms with E-state index in [1.54, 1.807) is 0 Å². The van der Waals surface area contributed by atoms with Crippen LogP contribution in [-0.4, -0.2) is 37.1 Å². The molecule has 0 atom stereocenters. The Hall–Kier alpha value is -1.56. The number of rotatable bonds is 4. The van der Waals surface area contributed by atoms with Crippen LogP contribution in [0.5, 0.6) is 0 Å². The van der Waals surface area contributed by atoms with Crippen molar-refractivity contribution in [2.45, 2.75) is 31.7 Å². The number of halogens is 3. The zero-order valence-electron chi connectivity index (χ0n) is 12.3. The lowest BCUT2D eigenvalue weighted by Crippen LogP contribution is -2.51. The molecule has 1 aromatic rings. The summed E-state index contributed by atoms with van der Waals surface area (Å²) in [5.74, 6) is -4.61. The first-order chi connectivity index (χ1) is 9.81. The molecule has 0 unspecified atom stereocenters. The third-order valence-corrected chi connectivity index (χ3v) is 4.17. The quantitative estimate of drug-likeness (QED) is 0.672. The summed E-state index contributed by atoms with van der Waals surface area (Å²) in [4.78, 5) is 12.0. The van der Waals surface area contributed by atoms with Crippen molar-refractivity contribution in [3.8, 4) is 0 Å². The molecule has 0 aliphatic heterocycles. The Labute approximate surface area is 122 Å². The Kier molecular flexibility index (Phi) is 4.56. The standard InChI is InChI=1S/C15H19F3N2O/c1-20(2,10-5-3-4-6-10)9-13(21)19-12-8-7-11(16)14(17)15(12)18/h7-8,10H,3-6,9H2,1-2H3/p+1. The predicted octanol–water partition coefficient (Wildman–Crippen LogP) is 3.06. The van der Waals surface area contributed by atoms with Crippen LogP contribution in [0.2, 0.25) is 0 Å². The second-order valence-electron chi connectivity index (χ2n) is 6.15. The zero-order valence-corrected chi connectivity index (χ0v) is 12.3. The number of amides is 1. The summed E-state index contributed by atoms with van der Waals surface area (Å²) in [6, 6.07) is 2.23. The second-order valence-corrected chi connectivity index (χ2v) is 6.15. The fraction of sp³-hybridized carbons (Fsp3) is 0.533. The maximum Gasteiger partial charge on any atom is 0.279 e. The molecule has 0 radical (unpaired) electrons. The SMILES string of the molecule is C[N+](C)(CC(=O)Nc1ccc(F)c(F)c1F)C1CCCC1. The average molecular weight is 301 g/mol. The van der Waals surface area contributed by atoms with Crippen LogP contribution in [0.15, 0.2) is 12.1 Å². The fourth-order valence-electron chi connectivity index (χ4n) is 2.91. The van der Waals surface area contributed by atoms with Crippen LogP contribution in [0.3, 0.4) is 0 Å². The van der Waals surface area contributed by atoms with E-state index in [0.717, 1.165) is 37.8 Å². The number of hydrogen-bond acceptors (Lipinski definition) is 1. The Bertz CT molecular complexity index is 540. The highest BCUT2D eigenvalue weighted by Crippen LogP contribution is 2.27. The fourth-order valence-corrected chi connectivity index (χ4v) is 2.91. The van der Waals surface area contributed by atoms with Crippen molar-refractivity contribution in [1.82, 2.24) is 0 Å². The lowest BCUT2D eigenvalue weighted by Gasteiger charge is -2.35. The lowest BCUT2D eigenvalue weighted by atomic mass is 10.2. The van der Waals surface area contributed by atoms with Gasteiger partial charge in [0.1, 0.15) is 0 Å². The van der Waals surface area contributed by atoms with Crippen LogP contribution in [0.1, 0.15) is 25.7 Å². The first-order valence-corrected chi connectivity index (χ1v) is 7.07. The van der Waals surface area contributed by atoms with E-state index in [1.165, 1.54) is 0 Å². The molecule has 1 amide bonds. The van der Waals surface area contributed by atoms with Crippen molar-refractivity contribution in [2.24, 2.45) is 0 Å². The minimum absolute atomic E-state index is 0.170. The summed E-state index contributed by atoms with van der Waals surface area (Å²) in [5, 5.41) is 2.32. The molecule has 0 heterocycles. The minimum Gasteiger partial charge on any atom is -0.319 e. The van der Waals surface area contributed by atoms with Gasteiger partial charge in [-0.3, -0.25) is 4.79 Å². The highest BCUT2D eigenvalue weighted by Gasteiger charge is 2.33. The van der Waals surface area contributed by atoms with Crippen molar-refractivity contribution >= 4 is 11.6 Å². The highest BCUT2D eigenvalue weighted by atomic mass is 19.2. The van der Waals surface area contributed by atoms with Gasteiger partial charge in [0.05, 0.1) is 25.8 Å². The molecule has 1 aliphatic rings. The Balaban J connectivity index is 2.03. The zero-order chi connectivity index (χ0) is 15.6. The number of benzene rings is 1. The lowest BCUT2D eigenvalue weighted by molar-refractivity contribution is -0.906. The number of likely N-dealkylation sites (N-methyl/N-ethyl adjacent to an activating group) is 1. The highest BCUT2D eigenvalue weighted by molar-refractivity contribution is 5.91. The average Bonchev–Trinajstić information content (AvgIpc) is 2.94. The molecule has 116 valence electrons. The van der Waals surface area contributed by atoms with E-state index in [-0.39, 0.29) is 12.2 Å². The molecule has 1 aliphatic carbocycles. The number of nitrogens with one attached hydrogen (secondary N) is 1. The molecular formula is C15H20F3N2O+. The summed E-state index contributed by atoms with van der Waals surface area (Å²) in [5.41, 5.74) is -0.328. The largest absolute Gasteiger partial charge is 0.319 e. The molecule has 0 bridgehead atoms. The molecule has 2 rings (SSSR count). The first-order valence-electron chi connectivity index (χ1n) is 7.07. The van der Waals surface area contributed by atoms with E-state index >= 15 is 0 Å². The molecule has 6 heteroatoms. The van der Waals surface area contributed by atoms with Gasteiger partial charge in [-0.1, -0.05) is 0 Å². The van der Waals surface area contributed by atoms with Crippen molar-refractivity contribution < 1.29 is 22.4 Å². The van der Waals surface area contributed by atoms with E-state index < -0.39 is 23.4 Å². The molecular weight excluding hydrogens is 281 g/mol. The minimum atomic E-state index is -1.57. The molecule has 1 N–H and O–H groups in total. The van der Waals surface area contributed by atoms with Gasteiger partial charge in [-0.25, -0.2) is 13.2 Å². The van der Waals surface area contributed by atoms with Crippen LogP contribution in [0, 0.1) is 17.5 Å². The van der Waals surface area contributed by atoms with Crippen LogP contribution in [0.25, 0.3) is 0 Å². The van der Waals surface area contributed by atoms with E-state index in [1.807, 2.05) is 14.1 Å². The van der Waals surface area contributed by atoms with Gasteiger partial charge in [0.15, 0.2) is 24.0 Å². The monoisotopic (exact) mass is 301 g/mol. The Morgan fingerprint density at radius 1 is 1.19 bits per heavy atom. The Morgan fingerprint density at radius 3 is 2.43 bits per heavy atom. The van der Waals surface area contributed by atoms with Gasteiger partial charge in [-0.15, -0.1) is 0 Å². The summed E-state index contributed by atoms with van der Waals surface area (Å²) >= 11 is 0. The summed E-state index contributed by atoms with van der Waals surface area (Å²) in [6.45, 7) is 0.170. The van der Waals surface area contributed by atoms with Crippen LogP contribution in [0.4, 0.5) is 18.9 Å². The van der Waals surface area contributed by atoms with E-state index in [2.05, 4.69) is 5.32 Å². The topological polar surface area (TPSA) is 29.1 Å². The predicted molar refractivity (Wildman–Crippen MR) is 74.2 cm³/mol. The van der Waals surface area contributed by atoms with E-state index in [4.69, 9.17) is 0 Å². The smallest absolute Gasteiger partial charge is 0.279 e. The maximum atomic E-state index is 13.5. The molecule has 3 nitrogen and oxygen atoms in total. The maximum absolute atomic E-state index is 13.5. The number of carbonyl (C=O) groups is 1. The number of anilines is 1. The van der Waals surface area contributed by atoms with Gasteiger partial charge in [0, 0.05) is 0 Å². The van der Waals surface area contributed by atoms with Crippen molar-refractivity contribution in [3.63, 3.8) is 0 Å². The number of carbonyl (C=O) groups excluding carboxylic acids is 1. The van der Waals surface area contributed by atoms with Crippen molar-refractivity contribution in [1.29, 1.82) is 0 Å². The molecule has 0 saturated heterocycles. The Morgan fingerprint density at radius 2 is 1.81 bits per heavy atom. The van der Waals surface area contributed by atoms with Crippen LogP contribution < -0.4 is 5.32 Å². The van der Waals surface area contributed by atoms with Crippen molar-refractivity contribution in [3.05, 3.63) is 29.6 Å². The molecule has 21 heavy (non-hydrogen) atoms. The van der Waals surface area contributed by atoms with Gasteiger partial charge in [0.2, 0.25) is 0 Å². The second kappa shape index (κ2) is 6.05. The van der Waals surface area contributed by atoms with Gasteiger partial charge >= 0.3 is 0 Å². The van der Waals surface area contributed by atoms with Gasteiger partial charge in [-0.05, 0) is 37.8 Å². The summed E-state index contributed by atoms with van der Waals surface area (Å²) in [6.07, 6.45) is 4.46. The van der Waals surface area contributed by atoms with Crippen LogP contribution in [-0.2, 0) is 4.79 Å². The number of nitrogens with zero attached hydrogens (tertiary/aromatic N) is 1. The summed E-state index contributed by atoms with van der Waals surface area (Å²) < 4.78 is 40.0. The van der Waals surface area contributed by atoms with Gasteiger partial charge < -0.3 is 9.80 Å². The van der Waals surface area contributed by atoms with Gasteiger partial charge in [0.25, 0.3) is 5.91 Å². The molecule has 1 aromatic carbocycles. The van der Waals surface area contributed by atoms with E-state index in [0.29, 0.717) is 10.5 Å².